The van der Waals surface area contributed by atoms with E-state index in [0.717, 1.165) is 10.5 Å². The predicted octanol–water partition coefficient (Wildman–Crippen LogP) is 4.08. The number of alkyl halides is 1. The van der Waals surface area contributed by atoms with E-state index in [1.54, 1.807) is 0 Å². The zero-order valence-corrected chi connectivity index (χ0v) is 11.7. The molecule has 0 heterocycles. The van der Waals surface area contributed by atoms with Crippen LogP contribution < -0.4 is 0 Å². The maximum atomic E-state index is 12.2. The molecule has 0 aliphatic rings. The molecule has 0 radical (unpaired) electrons. The van der Waals surface area contributed by atoms with Gasteiger partial charge >= 0.3 is 0 Å². The Balaban J connectivity index is 2.06. The summed E-state index contributed by atoms with van der Waals surface area (Å²) in [6.45, 7) is 2.01. The van der Waals surface area contributed by atoms with E-state index >= 15 is 0 Å². The summed E-state index contributed by atoms with van der Waals surface area (Å²) in [7, 11) is -1.05. The van der Waals surface area contributed by atoms with Gasteiger partial charge in [0.1, 0.15) is 0 Å². The van der Waals surface area contributed by atoms with Crippen LogP contribution in [0.4, 0.5) is 0 Å². The Morgan fingerprint density at radius 3 is 2.28 bits per heavy atom. The number of rotatable bonds is 4. The largest absolute Gasteiger partial charge is 0.254 e. The Morgan fingerprint density at radius 1 is 1.06 bits per heavy atom. The molecule has 2 atom stereocenters. The lowest BCUT2D eigenvalue weighted by molar-refractivity contribution is 0.682. The van der Waals surface area contributed by atoms with Crippen molar-refractivity contribution in [3.63, 3.8) is 0 Å². The van der Waals surface area contributed by atoms with Gasteiger partial charge in [0.15, 0.2) is 0 Å². The van der Waals surface area contributed by atoms with Crippen molar-refractivity contribution in [3.05, 3.63) is 65.7 Å². The van der Waals surface area contributed by atoms with E-state index in [2.05, 4.69) is 0 Å². The van der Waals surface area contributed by atoms with Gasteiger partial charge in [-0.1, -0.05) is 48.0 Å². The molecular formula is C15H15ClOS. The highest BCUT2D eigenvalue weighted by molar-refractivity contribution is 7.85. The molecule has 0 aliphatic carbocycles. The maximum Gasteiger partial charge on any atom is 0.0704 e. The number of hydrogen-bond acceptors (Lipinski definition) is 1. The molecule has 0 unspecified atom stereocenters. The Labute approximate surface area is 115 Å². The first-order valence-electron chi connectivity index (χ1n) is 5.81. The molecule has 2 aromatic carbocycles. The van der Waals surface area contributed by atoms with Crippen molar-refractivity contribution in [1.82, 2.24) is 0 Å². The van der Waals surface area contributed by atoms with Crippen molar-refractivity contribution in [2.24, 2.45) is 0 Å². The minimum Gasteiger partial charge on any atom is -0.254 e. The fourth-order valence-corrected chi connectivity index (χ4v) is 3.26. The van der Waals surface area contributed by atoms with Gasteiger partial charge in [-0.2, -0.15) is 0 Å². The zero-order chi connectivity index (χ0) is 13.0. The molecular weight excluding hydrogens is 264 g/mol. The third kappa shape index (κ3) is 3.44. The summed E-state index contributed by atoms with van der Waals surface area (Å²) in [4.78, 5) is 0.835. The number of hydrogen-bond donors (Lipinski definition) is 0. The summed E-state index contributed by atoms with van der Waals surface area (Å²) in [5.41, 5.74) is 2.18. The molecule has 1 nitrogen and oxygen atoms in total. The molecule has 94 valence electrons. The fraction of sp³-hybridized carbons (Fsp3) is 0.200. The molecule has 0 N–H and O–H groups in total. The van der Waals surface area contributed by atoms with Crippen LogP contribution in [0, 0.1) is 6.92 Å². The summed E-state index contributed by atoms with van der Waals surface area (Å²) in [6.07, 6.45) is 0. The second-order valence-electron chi connectivity index (χ2n) is 4.20. The van der Waals surface area contributed by atoms with E-state index in [9.17, 15) is 4.21 Å². The van der Waals surface area contributed by atoms with Crippen LogP contribution in [0.25, 0.3) is 0 Å². The standard InChI is InChI=1S/C15H15ClOS/c1-12-7-9-14(10-8-12)18(17)11-15(16)13-5-3-2-4-6-13/h2-10,15H,11H2,1H3/t15-,18-/m1/s1. The fourth-order valence-electron chi connectivity index (χ4n) is 1.68. The molecule has 0 aromatic heterocycles. The molecule has 3 heteroatoms. The van der Waals surface area contributed by atoms with Crippen LogP contribution in [-0.4, -0.2) is 9.96 Å². The third-order valence-corrected chi connectivity index (χ3v) is 4.77. The van der Waals surface area contributed by atoms with Crippen LogP contribution in [0.5, 0.6) is 0 Å². The Hall–Kier alpha value is -1.12. The number of halogens is 1. The van der Waals surface area contributed by atoms with Crippen LogP contribution in [0.3, 0.4) is 0 Å². The smallest absolute Gasteiger partial charge is 0.0704 e. The third-order valence-electron chi connectivity index (χ3n) is 2.74. The van der Waals surface area contributed by atoms with Crippen LogP contribution in [0.1, 0.15) is 16.5 Å². The van der Waals surface area contributed by atoms with Crippen LogP contribution in [0.15, 0.2) is 59.5 Å². The van der Waals surface area contributed by atoms with E-state index in [0.29, 0.717) is 5.75 Å². The molecule has 18 heavy (non-hydrogen) atoms. The first-order valence-corrected chi connectivity index (χ1v) is 7.56. The Kier molecular flexibility index (Phi) is 4.56. The molecule has 0 saturated heterocycles. The van der Waals surface area contributed by atoms with Crippen molar-refractivity contribution in [3.8, 4) is 0 Å². The van der Waals surface area contributed by atoms with Crippen LogP contribution in [-0.2, 0) is 10.8 Å². The van der Waals surface area contributed by atoms with E-state index < -0.39 is 10.8 Å². The molecule has 0 aliphatic heterocycles. The highest BCUT2D eigenvalue weighted by Crippen LogP contribution is 2.23. The molecule has 2 rings (SSSR count). The summed E-state index contributed by atoms with van der Waals surface area (Å²) in [6, 6.07) is 17.5. The van der Waals surface area contributed by atoms with E-state index in [-0.39, 0.29) is 5.38 Å². The van der Waals surface area contributed by atoms with Gasteiger partial charge in [0.05, 0.1) is 16.2 Å². The minimum absolute atomic E-state index is 0.215. The first kappa shape index (κ1) is 13.3. The maximum absolute atomic E-state index is 12.2. The molecule has 0 fully saturated rings. The first-order chi connectivity index (χ1) is 8.66. The molecule has 0 bridgehead atoms. The Morgan fingerprint density at radius 2 is 1.67 bits per heavy atom. The molecule has 0 spiro atoms. The van der Waals surface area contributed by atoms with E-state index in [1.807, 2.05) is 61.5 Å². The van der Waals surface area contributed by atoms with Gasteiger partial charge in [-0.3, -0.25) is 4.21 Å². The summed E-state index contributed by atoms with van der Waals surface area (Å²) in [5.74, 6) is 0.439. The second kappa shape index (κ2) is 6.17. The quantitative estimate of drug-likeness (QED) is 0.770. The van der Waals surface area contributed by atoms with Crippen molar-refractivity contribution in [1.29, 1.82) is 0 Å². The van der Waals surface area contributed by atoms with Gasteiger partial charge < -0.3 is 0 Å². The van der Waals surface area contributed by atoms with Crippen LogP contribution >= 0.6 is 11.6 Å². The summed E-state index contributed by atoms with van der Waals surface area (Å²) >= 11 is 6.29. The van der Waals surface area contributed by atoms with Gasteiger partial charge in [0, 0.05) is 10.6 Å². The highest BCUT2D eigenvalue weighted by atomic mass is 35.5. The predicted molar refractivity (Wildman–Crippen MR) is 77.5 cm³/mol. The summed E-state index contributed by atoms with van der Waals surface area (Å²) in [5, 5.41) is -0.215. The number of benzene rings is 2. The van der Waals surface area contributed by atoms with Crippen LogP contribution in [0.2, 0.25) is 0 Å². The Bertz CT molecular complexity index is 522. The van der Waals surface area contributed by atoms with E-state index in [4.69, 9.17) is 11.6 Å². The average molecular weight is 279 g/mol. The zero-order valence-electron chi connectivity index (χ0n) is 10.2. The van der Waals surface area contributed by atoms with Crippen molar-refractivity contribution in [2.75, 3.05) is 5.75 Å². The van der Waals surface area contributed by atoms with Crippen molar-refractivity contribution >= 4 is 22.4 Å². The van der Waals surface area contributed by atoms with E-state index in [1.165, 1.54) is 5.56 Å². The van der Waals surface area contributed by atoms with Gasteiger partial charge in [0.2, 0.25) is 0 Å². The lowest BCUT2D eigenvalue weighted by atomic mass is 10.2. The van der Waals surface area contributed by atoms with Gasteiger partial charge in [0.25, 0.3) is 0 Å². The van der Waals surface area contributed by atoms with Crippen molar-refractivity contribution in [2.45, 2.75) is 17.2 Å². The monoisotopic (exact) mass is 278 g/mol. The highest BCUT2D eigenvalue weighted by Gasteiger charge is 2.13. The van der Waals surface area contributed by atoms with Gasteiger partial charge in [-0.15, -0.1) is 11.6 Å². The second-order valence-corrected chi connectivity index (χ2v) is 6.23. The lowest BCUT2D eigenvalue weighted by Gasteiger charge is -2.09. The average Bonchev–Trinajstić information content (AvgIpc) is 2.40. The molecule has 0 saturated carbocycles. The lowest BCUT2D eigenvalue weighted by Crippen LogP contribution is -2.04. The molecule has 0 amide bonds. The minimum atomic E-state index is -1.05. The van der Waals surface area contributed by atoms with Crippen molar-refractivity contribution < 1.29 is 4.21 Å². The molecule has 2 aromatic rings. The normalized spacial score (nSPS) is 14.1. The number of aryl methyl sites for hydroxylation is 1. The SMILES string of the molecule is Cc1ccc([S@](=O)C[C@@H](Cl)c2ccccc2)cc1. The summed E-state index contributed by atoms with van der Waals surface area (Å²) < 4.78 is 12.2. The van der Waals surface area contributed by atoms with Gasteiger partial charge in [-0.05, 0) is 24.6 Å². The topological polar surface area (TPSA) is 17.1 Å². The van der Waals surface area contributed by atoms with Gasteiger partial charge in [-0.25, -0.2) is 0 Å².